The Morgan fingerprint density at radius 1 is 1.48 bits per heavy atom. The van der Waals surface area contributed by atoms with E-state index >= 15 is 0 Å². The van der Waals surface area contributed by atoms with E-state index in [1.165, 1.54) is 0 Å². The van der Waals surface area contributed by atoms with Crippen molar-refractivity contribution in [3.63, 3.8) is 0 Å². The molecule has 1 aromatic carbocycles. The van der Waals surface area contributed by atoms with Crippen LogP contribution in [0.2, 0.25) is 0 Å². The maximum absolute atomic E-state index is 12.3. The molecule has 0 spiro atoms. The summed E-state index contributed by atoms with van der Waals surface area (Å²) in [6, 6.07) is 5.64. The van der Waals surface area contributed by atoms with Crippen LogP contribution in [0.3, 0.4) is 0 Å². The average Bonchev–Trinajstić information content (AvgIpc) is 2.46. The molecule has 3 nitrogen and oxygen atoms in total. The highest BCUT2D eigenvalue weighted by Crippen LogP contribution is 2.13. The van der Waals surface area contributed by atoms with Gasteiger partial charge in [0.25, 0.3) is 5.91 Å². The highest BCUT2D eigenvalue weighted by atomic mass is 32.2. The Morgan fingerprint density at radius 2 is 2.24 bits per heavy atom. The molecule has 0 aliphatic carbocycles. The number of nitrogens with one attached hydrogen (secondary N) is 1. The number of carbonyl (C=O) groups excluding carboxylic acids is 1. The first kappa shape index (κ1) is 17.6. The second-order valence-corrected chi connectivity index (χ2v) is 6.19. The molecular weight excluding hydrogens is 282 g/mol. The molecule has 0 aromatic heterocycles. The molecule has 0 aliphatic heterocycles. The van der Waals surface area contributed by atoms with Gasteiger partial charge in [-0.1, -0.05) is 24.8 Å². The fourth-order valence-electron chi connectivity index (χ4n) is 1.93. The zero-order chi connectivity index (χ0) is 15.7. The van der Waals surface area contributed by atoms with Crippen LogP contribution in [-0.4, -0.2) is 35.2 Å². The van der Waals surface area contributed by atoms with Gasteiger partial charge in [-0.05, 0) is 49.5 Å². The molecule has 21 heavy (non-hydrogen) atoms. The van der Waals surface area contributed by atoms with Gasteiger partial charge < -0.3 is 10.4 Å². The van der Waals surface area contributed by atoms with Crippen molar-refractivity contribution < 1.29 is 9.90 Å². The van der Waals surface area contributed by atoms with Crippen molar-refractivity contribution in [1.29, 1.82) is 0 Å². The van der Waals surface area contributed by atoms with E-state index in [0.717, 1.165) is 29.1 Å². The monoisotopic (exact) mass is 305 g/mol. The van der Waals surface area contributed by atoms with Crippen LogP contribution in [0.15, 0.2) is 18.2 Å². The lowest BCUT2D eigenvalue weighted by molar-refractivity contribution is 0.0939. The second kappa shape index (κ2) is 9.49. The first-order chi connectivity index (χ1) is 10.1. The van der Waals surface area contributed by atoms with Gasteiger partial charge in [0.1, 0.15) is 6.61 Å². The van der Waals surface area contributed by atoms with E-state index in [2.05, 4.69) is 24.1 Å². The summed E-state index contributed by atoms with van der Waals surface area (Å²) in [6.45, 7) is 5.87. The van der Waals surface area contributed by atoms with Crippen LogP contribution in [0.25, 0.3) is 0 Å². The molecule has 4 heteroatoms. The third-order valence-corrected chi connectivity index (χ3v) is 4.09. The van der Waals surface area contributed by atoms with Gasteiger partial charge in [0.05, 0.1) is 0 Å². The maximum atomic E-state index is 12.3. The molecule has 114 valence electrons. The molecule has 0 radical (unpaired) electrons. The summed E-state index contributed by atoms with van der Waals surface area (Å²) in [5.41, 5.74) is 2.28. The molecule has 1 atom stereocenters. The van der Waals surface area contributed by atoms with Crippen LogP contribution in [0.4, 0.5) is 0 Å². The van der Waals surface area contributed by atoms with Gasteiger partial charge in [0.2, 0.25) is 0 Å². The highest BCUT2D eigenvalue weighted by molar-refractivity contribution is 7.99. The van der Waals surface area contributed by atoms with Gasteiger partial charge >= 0.3 is 0 Å². The van der Waals surface area contributed by atoms with Crippen molar-refractivity contribution in [2.75, 3.05) is 18.1 Å². The average molecular weight is 305 g/mol. The Bertz CT molecular complexity index is 531. The van der Waals surface area contributed by atoms with Crippen LogP contribution in [0.5, 0.6) is 0 Å². The summed E-state index contributed by atoms with van der Waals surface area (Å²) < 4.78 is 0. The van der Waals surface area contributed by atoms with Crippen LogP contribution >= 0.6 is 11.8 Å². The Balaban J connectivity index is 2.74. The zero-order valence-electron chi connectivity index (χ0n) is 12.9. The number of hydrogen-bond donors (Lipinski definition) is 2. The summed E-state index contributed by atoms with van der Waals surface area (Å²) in [5.74, 6) is 7.58. The summed E-state index contributed by atoms with van der Waals surface area (Å²) >= 11 is 1.88. The molecule has 0 aliphatic rings. The predicted octanol–water partition coefficient (Wildman–Crippen LogP) is 2.60. The van der Waals surface area contributed by atoms with Crippen LogP contribution in [-0.2, 0) is 0 Å². The summed E-state index contributed by atoms with van der Waals surface area (Å²) in [6.07, 6.45) is 0.966. The lowest BCUT2D eigenvalue weighted by Gasteiger charge is -2.15. The molecular formula is C17H23NO2S. The fraction of sp³-hybridized carbons (Fsp3) is 0.471. The molecule has 0 heterocycles. The van der Waals surface area contributed by atoms with Crippen LogP contribution in [0.1, 0.15) is 41.8 Å². The molecule has 1 unspecified atom stereocenters. The van der Waals surface area contributed by atoms with Gasteiger partial charge in [-0.15, -0.1) is 0 Å². The second-order valence-electron chi connectivity index (χ2n) is 4.80. The molecule has 0 bridgehead atoms. The standard InChI is InChI=1S/C17H23NO2S/c1-4-21-12-10-13(2)18-17(20)16-9-5-7-15(14(16)3)8-6-11-19/h5,7,9,13,19H,4,10-12H2,1-3H3,(H,18,20). The largest absolute Gasteiger partial charge is 0.384 e. The van der Waals surface area contributed by atoms with Crippen molar-refractivity contribution in [3.8, 4) is 11.8 Å². The highest BCUT2D eigenvalue weighted by Gasteiger charge is 2.13. The van der Waals surface area contributed by atoms with E-state index in [9.17, 15) is 4.79 Å². The van der Waals surface area contributed by atoms with E-state index in [1.807, 2.05) is 43.8 Å². The third kappa shape index (κ3) is 5.82. The Kier molecular flexibility index (Phi) is 7.96. The third-order valence-electron chi connectivity index (χ3n) is 3.16. The number of hydrogen-bond acceptors (Lipinski definition) is 3. The van der Waals surface area contributed by atoms with E-state index in [0.29, 0.717) is 5.56 Å². The lowest BCUT2D eigenvalue weighted by atomic mass is 10.0. The Hall–Kier alpha value is -1.44. The Labute approximate surface area is 131 Å². The minimum absolute atomic E-state index is 0.0610. The van der Waals surface area contributed by atoms with E-state index in [1.54, 1.807) is 0 Å². The number of rotatable bonds is 6. The van der Waals surface area contributed by atoms with E-state index in [-0.39, 0.29) is 18.6 Å². The maximum Gasteiger partial charge on any atom is 0.251 e. The quantitative estimate of drug-likeness (QED) is 0.627. The van der Waals surface area contributed by atoms with Crippen LogP contribution in [0, 0.1) is 18.8 Å². The SMILES string of the molecule is CCSCCC(C)NC(=O)c1cccc(C#CCO)c1C. The fourth-order valence-corrected chi connectivity index (χ4v) is 2.74. The normalized spacial score (nSPS) is 11.4. The molecule has 1 amide bonds. The van der Waals surface area contributed by atoms with Gasteiger partial charge in [-0.3, -0.25) is 4.79 Å². The molecule has 1 aromatic rings. The number of thioether (sulfide) groups is 1. The number of benzene rings is 1. The Morgan fingerprint density at radius 3 is 2.90 bits per heavy atom. The van der Waals surface area contributed by atoms with Crippen molar-refractivity contribution in [1.82, 2.24) is 5.32 Å². The lowest BCUT2D eigenvalue weighted by Crippen LogP contribution is -2.33. The van der Waals surface area contributed by atoms with Gasteiger partial charge in [0.15, 0.2) is 0 Å². The molecule has 0 saturated carbocycles. The van der Waals surface area contributed by atoms with Gasteiger partial charge in [-0.2, -0.15) is 11.8 Å². The number of aliphatic hydroxyl groups excluding tert-OH is 1. The van der Waals surface area contributed by atoms with Crippen molar-refractivity contribution in [2.45, 2.75) is 33.2 Å². The van der Waals surface area contributed by atoms with Crippen molar-refractivity contribution in [3.05, 3.63) is 34.9 Å². The topological polar surface area (TPSA) is 49.3 Å². The first-order valence-electron chi connectivity index (χ1n) is 7.18. The molecule has 0 fully saturated rings. The zero-order valence-corrected chi connectivity index (χ0v) is 13.7. The number of amides is 1. The van der Waals surface area contributed by atoms with Crippen molar-refractivity contribution >= 4 is 17.7 Å². The summed E-state index contributed by atoms with van der Waals surface area (Å²) in [7, 11) is 0. The van der Waals surface area contributed by atoms with Crippen molar-refractivity contribution in [2.24, 2.45) is 0 Å². The smallest absolute Gasteiger partial charge is 0.251 e. The predicted molar refractivity (Wildman–Crippen MR) is 89.7 cm³/mol. The summed E-state index contributed by atoms with van der Waals surface area (Å²) in [4.78, 5) is 12.3. The minimum atomic E-state index is -0.179. The minimum Gasteiger partial charge on any atom is -0.384 e. The van der Waals surface area contributed by atoms with Gasteiger partial charge in [0, 0.05) is 17.2 Å². The number of aliphatic hydroxyl groups is 1. The molecule has 0 saturated heterocycles. The first-order valence-corrected chi connectivity index (χ1v) is 8.33. The van der Waals surface area contributed by atoms with Crippen LogP contribution < -0.4 is 5.32 Å². The molecule has 1 rings (SSSR count). The van der Waals surface area contributed by atoms with E-state index in [4.69, 9.17) is 5.11 Å². The molecule has 2 N–H and O–H groups in total. The van der Waals surface area contributed by atoms with E-state index < -0.39 is 0 Å². The summed E-state index contributed by atoms with van der Waals surface area (Å²) in [5, 5.41) is 11.8. The van der Waals surface area contributed by atoms with Gasteiger partial charge in [-0.25, -0.2) is 0 Å². The number of carbonyl (C=O) groups is 1.